The van der Waals surface area contributed by atoms with Crippen LogP contribution >= 0.6 is 24.0 Å². The lowest BCUT2D eigenvalue weighted by Gasteiger charge is -2.10. The second-order valence-electron chi connectivity index (χ2n) is 6.25. The Morgan fingerprint density at radius 3 is 2.97 bits per heavy atom. The number of hydrogen-bond donors (Lipinski definition) is 3. The molecule has 1 aromatic carbocycles. The van der Waals surface area contributed by atoms with Gasteiger partial charge in [-0.2, -0.15) is 4.98 Å². The molecule has 1 atom stereocenters. The Labute approximate surface area is 185 Å². The van der Waals surface area contributed by atoms with Crippen LogP contribution in [0.25, 0.3) is 10.9 Å². The predicted octanol–water partition coefficient (Wildman–Crippen LogP) is 3.31. The number of halogens is 2. The van der Waals surface area contributed by atoms with Crippen LogP contribution in [0.5, 0.6) is 0 Å². The van der Waals surface area contributed by atoms with Gasteiger partial charge >= 0.3 is 0 Å². The zero-order chi connectivity index (χ0) is 19.9. The SMILES string of the molecule is CCOC(C)c1noc(CNC(=NC)NCCc2c[nH]c3ccc(F)cc23)n1.I. The topological polar surface area (TPSA) is 100 Å². The highest BCUT2D eigenvalue weighted by Crippen LogP contribution is 2.19. The molecule has 0 fully saturated rings. The summed E-state index contributed by atoms with van der Waals surface area (Å²) in [5.41, 5.74) is 1.97. The Hall–Kier alpha value is -2.21. The van der Waals surface area contributed by atoms with Crippen molar-refractivity contribution >= 4 is 40.8 Å². The molecule has 0 spiro atoms. The van der Waals surface area contributed by atoms with Crippen LogP contribution in [0, 0.1) is 5.82 Å². The molecule has 0 saturated heterocycles. The lowest BCUT2D eigenvalue weighted by atomic mass is 10.1. The maximum atomic E-state index is 13.5. The minimum Gasteiger partial charge on any atom is -0.371 e. The van der Waals surface area contributed by atoms with Crippen LogP contribution in [0.15, 0.2) is 33.9 Å². The molecule has 3 N–H and O–H groups in total. The quantitative estimate of drug-likeness (QED) is 0.241. The van der Waals surface area contributed by atoms with E-state index in [4.69, 9.17) is 9.26 Å². The van der Waals surface area contributed by atoms with E-state index in [0.717, 1.165) is 22.9 Å². The summed E-state index contributed by atoms with van der Waals surface area (Å²) in [6, 6.07) is 4.74. The Bertz CT molecular complexity index is 942. The van der Waals surface area contributed by atoms with Crippen LogP contribution in [0.1, 0.15) is 37.2 Å². The lowest BCUT2D eigenvalue weighted by Crippen LogP contribution is -2.37. The number of nitrogens with zero attached hydrogens (tertiary/aromatic N) is 3. The molecule has 3 aromatic rings. The Balaban J connectivity index is 0.00000300. The number of aliphatic imine (C=N–C) groups is 1. The monoisotopic (exact) mass is 516 g/mol. The van der Waals surface area contributed by atoms with Gasteiger partial charge in [0.05, 0.1) is 6.54 Å². The number of ether oxygens (including phenoxy) is 1. The van der Waals surface area contributed by atoms with E-state index in [-0.39, 0.29) is 35.9 Å². The van der Waals surface area contributed by atoms with Crippen LogP contribution in [0.3, 0.4) is 0 Å². The van der Waals surface area contributed by atoms with Gasteiger partial charge < -0.3 is 24.9 Å². The van der Waals surface area contributed by atoms with Gasteiger partial charge in [-0.1, -0.05) is 5.16 Å². The summed E-state index contributed by atoms with van der Waals surface area (Å²) >= 11 is 0. The first-order chi connectivity index (χ1) is 13.6. The number of nitrogens with one attached hydrogen (secondary N) is 3. The lowest BCUT2D eigenvalue weighted by molar-refractivity contribution is 0.0683. The highest BCUT2D eigenvalue weighted by atomic mass is 127. The summed E-state index contributed by atoms with van der Waals surface area (Å²) in [7, 11) is 1.69. The smallest absolute Gasteiger partial charge is 0.246 e. The van der Waals surface area contributed by atoms with Crippen LogP contribution in [0.2, 0.25) is 0 Å². The molecular formula is C19H26FIN6O2. The summed E-state index contributed by atoms with van der Waals surface area (Å²) in [5.74, 6) is 1.35. The van der Waals surface area contributed by atoms with E-state index in [2.05, 4.69) is 30.8 Å². The minimum absolute atomic E-state index is 0. The van der Waals surface area contributed by atoms with Gasteiger partial charge in [0.1, 0.15) is 11.9 Å². The molecule has 2 heterocycles. The van der Waals surface area contributed by atoms with Gasteiger partial charge in [-0.05, 0) is 44.0 Å². The van der Waals surface area contributed by atoms with Crippen LogP contribution < -0.4 is 10.6 Å². The largest absolute Gasteiger partial charge is 0.371 e. The van der Waals surface area contributed by atoms with Crippen LogP contribution in [0.4, 0.5) is 4.39 Å². The van der Waals surface area contributed by atoms with Gasteiger partial charge in [0, 0.05) is 37.3 Å². The molecular weight excluding hydrogens is 490 g/mol. The standard InChI is InChI=1S/C19H25FN6O2.HI/c1-4-27-12(2)18-25-17(28-26-18)11-24-19(21-3)22-8-7-13-10-23-16-6-5-14(20)9-15(13)16;/h5-6,9-10,12,23H,4,7-8,11H2,1-3H3,(H2,21,22,24);1H. The van der Waals surface area contributed by atoms with E-state index in [1.54, 1.807) is 19.2 Å². The van der Waals surface area contributed by atoms with Crippen LogP contribution in [-0.4, -0.2) is 41.3 Å². The summed E-state index contributed by atoms with van der Waals surface area (Å²) < 4.78 is 24.1. The van der Waals surface area contributed by atoms with Crippen molar-refractivity contribution in [3.05, 3.63) is 47.5 Å². The van der Waals surface area contributed by atoms with Gasteiger partial charge in [-0.3, -0.25) is 4.99 Å². The first kappa shape index (κ1) is 23.1. The fourth-order valence-corrected chi connectivity index (χ4v) is 2.88. The van der Waals surface area contributed by atoms with Crippen molar-refractivity contribution in [3.63, 3.8) is 0 Å². The van der Waals surface area contributed by atoms with Crippen LogP contribution in [-0.2, 0) is 17.7 Å². The summed E-state index contributed by atoms with van der Waals surface area (Å²) in [4.78, 5) is 11.6. The van der Waals surface area contributed by atoms with Crippen molar-refractivity contribution in [2.75, 3.05) is 20.2 Å². The van der Waals surface area contributed by atoms with Crippen molar-refractivity contribution in [2.45, 2.75) is 32.9 Å². The molecule has 8 nitrogen and oxygen atoms in total. The van der Waals surface area contributed by atoms with Gasteiger partial charge in [0.25, 0.3) is 0 Å². The molecule has 0 saturated carbocycles. The molecule has 0 bridgehead atoms. The average molecular weight is 516 g/mol. The van der Waals surface area contributed by atoms with E-state index in [9.17, 15) is 4.39 Å². The first-order valence-electron chi connectivity index (χ1n) is 9.24. The maximum Gasteiger partial charge on any atom is 0.246 e. The zero-order valence-corrected chi connectivity index (χ0v) is 19.0. The normalized spacial score (nSPS) is 12.6. The number of guanidine groups is 1. The molecule has 0 aliphatic carbocycles. The Morgan fingerprint density at radius 2 is 2.21 bits per heavy atom. The third-order valence-electron chi connectivity index (χ3n) is 4.31. The van der Waals surface area contributed by atoms with Crippen molar-refractivity contribution in [2.24, 2.45) is 4.99 Å². The third-order valence-corrected chi connectivity index (χ3v) is 4.31. The van der Waals surface area contributed by atoms with Gasteiger partial charge in [-0.15, -0.1) is 24.0 Å². The maximum absolute atomic E-state index is 13.5. The van der Waals surface area contributed by atoms with E-state index in [1.165, 1.54) is 6.07 Å². The number of hydrogen-bond acceptors (Lipinski definition) is 5. The molecule has 10 heteroatoms. The Morgan fingerprint density at radius 1 is 1.38 bits per heavy atom. The van der Waals surface area contributed by atoms with Crippen molar-refractivity contribution in [1.82, 2.24) is 25.8 Å². The van der Waals surface area contributed by atoms with Gasteiger partial charge in [0.2, 0.25) is 5.89 Å². The molecule has 1 unspecified atom stereocenters. The zero-order valence-electron chi connectivity index (χ0n) is 16.7. The number of H-pyrrole nitrogens is 1. The average Bonchev–Trinajstić information content (AvgIpc) is 3.32. The van der Waals surface area contributed by atoms with Crippen molar-refractivity contribution < 1.29 is 13.7 Å². The molecule has 29 heavy (non-hydrogen) atoms. The van der Waals surface area contributed by atoms with E-state index in [1.807, 2.05) is 20.0 Å². The Kier molecular flexibility index (Phi) is 8.83. The van der Waals surface area contributed by atoms with Crippen molar-refractivity contribution in [3.8, 4) is 0 Å². The number of aromatic amines is 1. The number of aromatic nitrogens is 3. The van der Waals surface area contributed by atoms with E-state index in [0.29, 0.717) is 37.4 Å². The molecule has 0 radical (unpaired) electrons. The van der Waals surface area contributed by atoms with E-state index < -0.39 is 0 Å². The predicted molar refractivity (Wildman–Crippen MR) is 120 cm³/mol. The molecule has 158 valence electrons. The second kappa shape index (κ2) is 11.1. The van der Waals surface area contributed by atoms with Gasteiger partial charge in [-0.25, -0.2) is 4.39 Å². The molecule has 0 aliphatic rings. The highest BCUT2D eigenvalue weighted by molar-refractivity contribution is 14.0. The first-order valence-corrected chi connectivity index (χ1v) is 9.24. The highest BCUT2D eigenvalue weighted by Gasteiger charge is 2.14. The molecule has 0 amide bonds. The summed E-state index contributed by atoms with van der Waals surface area (Å²) in [6.45, 7) is 5.37. The number of benzene rings is 1. The minimum atomic E-state index is -0.239. The molecule has 2 aromatic heterocycles. The molecule has 0 aliphatic heterocycles. The summed E-state index contributed by atoms with van der Waals surface area (Å²) in [5, 5.41) is 11.2. The fourth-order valence-electron chi connectivity index (χ4n) is 2.88. The van der Waals surface area contributed by atoms with Gasteiger partial charge in [0.15, 0.2) is 11.8 Å². The van der Waals surface area contributed by atoms with E-state index >= 15 is 0 Å². The number of rotatable bonds is 8. The summed E-state index contributed by atoms with van der Waals surface area (Å²) in [6.07, 6.45) is 2.42. The third kappa shape index (κ3) is 6.13. The second-order valence-corrected chi connectivity index (χ2v) is 6.25. The van der Waals surface area contributed by atoms with Crippen molar-refractivity contribution in [1.29, 1.82) is 0 Å². The molecule has 3 rings (SSSR count). The number of fused-ring (bicyclic) bond motifs is 1. The fraction of sp³-hybridized carbons (Fsp3) is 0.421.